The molecule has 0 unspecified atom stereocenters. The lowest BCUT2D eigenvalue weighted by molar-refractivity contribution is 0.0946. The van der Waals surface area contributed by atoms with Crippen molar-refractivity contribution in [2.45, 2.75) is 18.1 Å². The third-order valence-corrected chi connectivity index (χ3v) is 4.26. The van der Waals surface area contributed by atoms with Crippen molar-refractivity contribution in [1.82, 2.24) is 20.2 Å². The van der Waals surface area contributed by atoms with Crippen LogP contribution in [-0.4, -0.2) is 47.2 Å². The Morgan fingerprint density at radius 1 is 1.33 bits per heavy atom. The lowest BCUT2D eigenvalue weighted by Crippen LogP contribution is -2.29. The lowest BCUT2D eigenvalue weighted by atomic mass is 10.2. The van der Waals surface area contributed by atoms with Crippen molar-refractivity contribution >= 4 is 29.3 Å². The van der Waals surface area contributed by atoms with E-state index in [1.807, 2.05) is 24.5 Å². The van der Waals surface area contributed by atoms with Crippen LogP contribution >= 0.6 is 23.4 Å². The van der Waals surface area contributed by atoms with Crippen LogP contribution in [0.5, 0.6) is 0 Å². The Kier molecular flexibility index (Phi) is 7.49. The summed E-state index contributed by atoms with van der Waals surface area (Å²) in [5.74, 6) is -0.261. The van der Waals surface area contributed by atoms with E-state index in [1.54, 1.807) is 0 Å². The van der Waals surface area contributed by atoms with Gasteiger partial charge in [-0.15, -0.1) is 0 Å². The third-order valence-electron chi connectivity index (χ3n) is 3.42. The Morgan fingerprint density at radius 3 is 2.79 bits per heavy atom. The van der Waals surface area contributed by atoms with Crippen LogP contribution in [0.2, 0.25) is 5.02 Å². The quantitative estimate of drug-likeness (QED) is 0.443. The summed E-state index contributed by atoms with van der Waals surface area (Å²) < 4.78 is 0. The van der Waals surface area contributed by atoms with Gasteiger partial charge < -0.3 is 10.2 Å². The van der Waals surface area contributed by atoms with E-state index in [0.29, 0.717) is 11.7 Å². The number of benzene rings is 1. The molecule has 0 saturated carbocycles. The number of rotatable bonds is 8. The maximum Gasteiger partial charge on any atom is 0.271 e. The average Bonchev–Trinajstić information content (AvgIpc) is 2.60. The summed E-state index contributed by atoms with van der Waals surface area (Å²) in [6.07, 6.45) is 4.17. The molecule has 128 valence electrons. The van der Waals surface area contributed by atoms with Crippen LogP contribution in [0.15, 0.2) is 41.7 Å². The van der Waals surface area contributed by atoms with Gasteiger partial charge in [-0.2, -0.15) is 0 Å². The van der Waals surface area contributed by atoms with Crippen molar-refractivity contribution in [3.8, 4) is 0 Å². The topological polar surface area (TPSA) is 58.1 Å². The zero-order chi connectivity index (χ0) is 17.4. The van der Waals surface area contributed by atoms with E-state index in [0.717, 1.165) is 19.5 Å². The SMILES string of the molecule is CSc1ncc(Cl)c(C(=O)NCCCN(C)Cc2ccccc2)n1. The van der Waals surface area contributed by atoms with Gasteiger partial charge in [0.05, 0.1) is 11.2 Å². The predicted octanol–water partition coefficient (Wildman–Crippen LogP) is 3.10. The molecule has 0 spiro atoms. The van der Waals surface area contributed by atoms with E-state index in [4.69, 9.17) is 11.6 Å². The van der Waals surface area contributed by atoms with Gasteiger partial charge in [-0.1, -0.05) is 53.7 Å². The second kappa shape index (κ2) is 9.61. The molecule has 0 bridgehead atoms. The molecule has 5 nitrogen and oxygen atoms in total. The van der Waals surface area contributed by atoms with Crippen molar-refractivity contribution in [3.05, 3.63) is 52.8 Å². The summed E-state index contributed by atoms with van der Waals surface area (Å²) in [5, 5.41) is 3.67. The van der Waals surface area contributed by atoms with Crippen LogP contribution in [0.25, 0.3) is 0 Å². The summed E-state index contributed by atoms with van der Waals surface area (Å²) >= 11 is 7.37. The molecule has 1 aromatic carbocycles. The molecule has 1 aromatic heterocycles. The standard InChI is InChI=1S/C17H21ClN4OS/c1-22(12-13-7-4-3-5-8-13)10-6-9-19-16(23)15-14(18)11-20-17(21-15)24-2/h3-5,7-8,11H,6,9-10,12H2,1-2H3,(H,19,23). The fourth-order valence-electron chi connectivity index (χ4n) is 2.22. The first-order valence-electron chi connectivity index (χ1n) is 7.67. The maximum absolute atomic E-state index is 12.2. The van der Waals surface area contributed by atoms with Crippen molar-refractivity contribution in [2.24, 2.45) is 0 Å². The first kappa shape index (κ1) is 18.7. The maximum atomic E-state index is 12.2. The molecule has 0 atom stereocenters. The average molecular weight is 365 g/mol. The van der Waals surface area contributed by atoms with E-state index >= 15 is 0 Å². The van der Waals surface area contributed by atoms with Gasteiger partial charge in [0.15, 0.2) is 10.9 Å². The molecule has 0 aliphatic carbocycles. The number of thioether (sulfide) groups is 1. The Hall–Kier alpha value is -1.63. The summed E-state index contributed by atoms with van der Waals surface area (Å²) in [4.78, 5) is 22.6. The second-order valence-corrected chi connectivity index (χ2v) is 6.57. The van der Waals surface area contributed by atoms with E-state index in [1.165, 1.54) is 23.5 Å². The molecule has 1 heterocycles. The fraction of sp³-hybridized carbons (Fsp3) is 0.353. The fourth-order valence-corrected chi connectivity index (χ4v) is 2.73. The smallest absolute Gasteiger partial charge is 0.271 e. The van der Waals surface area contributed by atoms with Crippen LogP contribution < -0.4 is 5.32 Å². The molecule has 0 aliphatic rings. The molecule has 24 heavy (non-hydrogen) atoms. The number of carbonyl (C=O) groups is 1. The molecule has 0 radical (unpaired) electrons. The van der Waals surface area contributed by atoms with E-state index in [2.05, 4.69) is 39.4 Å². The molecule has 0 fully saturated rings. The highest BCUT2D eigenvalue weighted by molar-refractivity contribution is 7.98. The Morgan fingerprint density at radius 2 is 2.08 bits per heavy atom. The monoisotopic (exact) mass is 364 g/mol. The van der Waals surface area contributed by atoms with Crippen LogP contribution in [0.4, 0.5) is 0 Å². The third kappa shape index (κ3) is 5.78. The molecule has 7 heteroatoms. The minimum Gasteiger partial charge on any atom is -0.351 e. The van der Waals surface area contributed by atoms with Gasteiger partial charge in [-0.3, -0.25) is 4.79 Å². The zero-order valence-corrected chi connectivity index (χ0v) is 15.4. The Labute approximate surface area is 151 Å². The number of nitrogens with zero attached hydrogens (tertiary/aromatic N) is 3. The second-order valence-electron chi connectivity index (χ2n) is 5.39. The van der Waals surface area contributed by atoms with Gasteiger partial charge >= 0.3 is 0 Å². The minimum absolute atomic E-state index is 0.230. The van der Waals surface area contributed by atoms with E-state index in [9.17, 15) is 4.79 Å². The Balaban J connectivity index is 1.75. The number of amides is 1. The summed E-state index contributed by atoms with van der Waals surface area (Å²) in [6, 6.07) is 10.3. The van der Waals surface area contributed by atoms with Gasteiger partial charge in [0.2, 0.25) is 0 Å². The largest absolute Gasteiger partial charge is 0.351 e. The van der Waals surface area contributed by atoms with Crippen LogP contribution in [-0.2, 0) is 6.54 Å². The predicted molar refractivity (Wildman–Crippen MR) is 98.5 cm³/mol. The molecule has 1 N–H and O–H groups in total. The van der Waals surface area contributed by atoms with Crippen molar-refractivity contribution in [2.75, 3.05) is 26.4 Å². The van der Waals surface area contributed by atoms with Gasteiger partial charge in [0, 0.05) is 13.1 Å². The molecular weight excluding hydrogens is 344 g/mol. The number of aromatic nitrogens is 2. The number of hydrogen-bond donors (Lipinski definition) is 1. The van der Waals surface area contributed by atoms with Crippen molar-refractivity contribution in [1.29, 1.82) is 0 Å². The highest BCUT2D eigenvalue weighted by atomic mass is 35.5. The Bertz CT molecular complexity index is 669. The minimum atomic E-state index is -0.261. The van der Waals surface area contributed by atoms with Crippen LogP contribution in [0.1, 0.15) is 22.5 Å². The number of carbonyl (C=O) groups excluding carboxylic acids is 1. The first-order valence-corrected chi connectivity index (χ1v) is 9.27. The van der Waals surface area contributed by atoms with E-state index < -0.39 is 0 Å². The van der Waals surface area contributed by atoms with Gasteiger partial charge in [-0.25, -0.2) is 9.97 Å². The van der Waals surface area contributed by atoms with Crippen molar-refractivity contribution in [3.63, 3.8) is 0 Å². The number of nitrogens with one attached hydrogen (secondary N) is 1. The molecule has 0 aliphatic heterocycles. The van der Waals surface area contributed by atoms with Crippen molar-refractivity contribution < 1.29 is 4.79 Å². The lowest BCUT2D eigenvalue weighted by Gasteiger charge is -2.16. The first-order chi connectivity index (χ1) is 11.6. The normalized spacial score (nSPS) is 10.8. The zero-order valence-electron chi connectivity index (χ0n) is 13.8. The number of hydrogen-bond acceptors (Lipinski definition) is 5. The van der Waals surface area contributed by atoms with Gasteiger partial charge in [0.25, 0.3) is 5.91 Å². The molecule has 1 amide bonds. The summed E-state index contributed by atoms with van der Waals surface area (Å²) in [6.45, 7) is 2.36. The molecule has 2 aromatic rings. The van der Waals surface area contributed by atoms with Crippen LogP contribution in [0.3, 0.4) is 0 Å². The summed E-state index contributed by atoms with van der Waals surface area (Å²) in [7, 11) is 2.07. The highest BCUT2D eigenvalue weighted by Crippen LogP contribution is 2.16. The van der Waals surface area contributed by atoms with Gasteiger partial charge in [0.1, 0.15) is 0 Å². The summed E-state index contributed by atoms with van der Waals surface area (Å²) in [5.41, 5.74) is 1.51. The van der Waals surface area contributed by atoms with Gasteiger partial charge in [-0.05, 0) is 31.8 Å². The molecule has 2 rings (SSSR count). The molecule has 0 saturated heterocycles. The number of halogens is 1. The highest BCUT2D eigenvalue weighted by Gasteiger charge is 2.13. The van der Waals surface area contributed by atoms with E-state index in [-0.39, 0.29) is 16.6 Å². The molecular formula is C17H21ClN4OS. The van der Waals surface area contributed by atoms with Crippen LogP contribution in [0, 0.1) is 0 Å².